The summed E-state index contributed by atoms with van der Waals surface area (Å²) in [5.41, 5.74) is 0.509. The van der Waals surface area contributed by atoms with Crippen molar-refractivity contribution in [2.75, 3.05) is 0 Å². The Morgan fingerprint density at radius 3 is 2.88 bits per heavy atom. The van der Waals surface area contributed by atoms with Crippen LogP contribution in [0.5, 0.6) is 0 Å². The predicted molar refractivity (Wildman–Crippen MR) is 97.2 cm³/mol. The molecule has 0 amide bonds. The van der Waals surface area contributed by atoms with E-state index >= 15 is 0 Å². The zero-order valence-corrected chi connectivity index (χ0v) is 15.6. The first kappa shape index (κ1) is 16.9. The van der Waals surface area contributed by atoms with Crippen molar-refractivity contribution >= 4 is 49.1 Å². The summed E-state index contributed by atoms with van der Waals surface area (Å²) in [5, 5.41) is 9.22. The monoisotopic (exact) mass is 424 g/mol. The van der Waals surface area contributed by atoms with Gasteiger partial charge in [0.2, 0.25) is 0 Å². The highest BCUT2D eigenvalue weighted by atomic mass is 79.9. The number of nitrogens with zero attached hydrogens (tertiary/aromatic N) is 4. The topological polar surface area (TPSA) is 80.7 Å². The number of aromatic nitrogens is 3. The van der Waals surface area contributed by atoms with Crippen LogP contribution in [-0.4, -0.2) is 14.1 Å². The Balaban J connectivity index is 2.45. The predicted octanol–water partition coefficient (Wildman–Crippen LogP) is 3.25. The van der Waals surface area contributed by atoms with Gasteiger partial charge in [-0.15, -0.1) is 11.3 Å². The highest BCUT2D eigenvalue weighted by Gasteiger charge is 2.18. The van der Waals surface area contributed by atoms with Gasteiger partial charge in [0.1, 0.15) is 4.70 Å². The van der Waals surface area contributed by atoms with E-state index in [1.807, 2.05) is 6.07 Å². The summed E-state index contributed by atoms with van der Waals surface area (Å²) >= 11 is 10.7. The maximum Gasteiger partial charge on any atom is 0.336 e. The van der Waals surface area contributed by atoms with Crippen molar-refractivity contribution in [3.8, 4) is 11.8 Å². The average molecular weight is 426 g/mol. The number of thiophene rings is 1. The molecule has 0 aliphatic heterocycles. The minimum absolute atomic E-state index is 0.160. The fraction of sp³-hybridized carbons (Fsp3) is 0.200. The van der Waals surface area contributed by atoms with Crippen LogP contribution in [0.3, 0.4) is 0 Å². The van der Waals surface area contributed by atoms with E-state index in [1.165, 1.54) is 28.3 Å². The molecule has 0 aromatic carbocycles. The largest absolute Gasteiger partial charge is 0.336 e. The van der Waals surface area contributed by atoms with Crippen molar-refractivity contribution in [2.45, 2.75) is 19.9 Å². The second kappa shape index (κ2) is 6.51. The molecule has 0 unspecified atom stereocenters. The van der Waals surface area contributed by atoms with Gasteiger partial charge in [-0.3, -0.25) is 14.3 Å². The Morgan fingerprint density at radius 1 is 1.42 bits per heavy atom. The van der Waals surface area contributed by atoms with Crippen LogP contribution in [0.2, 0.25) is 5.02 Å². The molecule has 0 aliphatic rings. The third-order valence-electron chi connectivity index (χ3n) is 3.61. The molecule has 0 atom stereocenters. The molecular formula is C15H10BrClN4O2S. The van der Waals surface area contributed by atoms with E-state index in [-0.39, 0.29) is 13.0 Å². The van der Waals surface area contributed by atoms with Crippen molar-refractivity contribution in [2.24, 2.45) is 0 Å². The molecule has 3 aromatic rings. The first-order chi connectivity index (χ1) is 11.5. The molecular weight excluding hydrogens is 416 g/mol. The molecule has 122 valence electrons. The van der Waals surface area contributed by atoms with E-state index in [2.05, 4.69) is 20.9 Å². The molecule has 24 heavy (non-hydrogen) atoms. The van der Waals surface area contributed by atoms with Gasteiger partial charge in [-0.05, 0) is 34.5 Å². The Hall–Kier alpha value is -1.95. The molecule has 9 heteroatoms. The standard InChI is InChI=1S/C15H10BrClN4O2S/c1-8-9(17)6-19-7-11(8)21-14(22)13-10(5-12(16)24-13)20(15(21)23)4-2-3-18/h5-7H,2,4H2,1H3. The summed E-state index contributed by atoms with van der Waals surface area (Å²) in [6, 6.07) is 3.74. The fourth-order valence-corrected chi connectivity index (χ4v) is 4.10. The van der Waals surface area contributed by atoms with Crippen LogP contribution in [0.1, 0.15) is 12.0 Å². The van der Waals surface area contributed by atoms with Crippen LogP contribution in [0.4, 0.5) is 0 Å². The third-order valence-corrected chi connectivity index (χ3v) is 5.60. The summed E-state index contributed by atoms with van der Waals surface area (Å²) < 4.78 is 3.66. The van der Waals surface area contributed by atoms with Gasteiger partial charge in [-0.2, -0.15) is 5.26 Å². The molecule has 3 heterocycles. The highest BCUT2D eigenvalue weighted by molar-refractivity contribution is 9.11. The minimum Gasteiger partial charge on any atom is -0.291 e. The number of nitriles is 1. The van der Waals surface area contributed by atoms with Crippen LogP contribution in [-0.2, 0) is 6.54 Å². The van der Waals surface area contributed by atoms with Crippen LogP contribution in [0, 0.1) is 18.3 Å². The SMILES string of the molecule is Cc1c(Cl)cncc1-n1c(=O)c2sc(Br)cc2n(CCC#N)c1=O. The van der Waals surface area contributed by atoms with Gasteiger partial charge in [-0.25, -0.2) is 9.36 Å². The Kier molecular flexibility index (Phi) is 4.58. The fourth-order valence-electron chi connectivity index (χ4n) is 2.42. The molecule has 0 aliphatic carbocycles. The minimum atomic E-state index is -0.514. The lowest BCUT2D eigenvalue weighted by Gasteiger charge is -2.13. The second-order valence-electron chi connectivity index (χ2n) is 5.01. The zero-order chi connectivity index (χ0) is 17.4. The summed E-state index contributed by atoms with van der Waals surface area (Å²) in [6.07, 6.45) is 3.06. The zero-order valence-electron chi connectivity index (χ0n) is 12.4. The van der Waals surface area contributed by atoms with Crippen molar-refractivity contribution in [1.29, 1.82) is 5.26 Å². The van der Waals surface area contributed by atoms with Crippen LogP contribution >= 0.6 is 38.9 Å². The van der Waals surface area contributed by atoms with Gasteiger partial charge in [0, 0.05) is 12.7 Å². The smallest absolute Gasteiger partial charge is 0.291 e. The molecule has 0 bridgehead atoms. The van der Waals surface area contributed by atoms with Gasteiger partial charge in [0.05, 0.1) is 38.7 Å². The normalized spacial score (nSPS) is 10.9. The molecule has 3 aromatic heterocycles. The molecule has 0 saturated carbocycles. The molecule has 0 saturated heterocycles. The maximum atomic E-state index is 12.9. The lowest BCUT2D eigenvalue weighted by atomic mass is 10.2. The van der Waals surface area contributed by atoms with Gasteiger partial charge in [0.15, 0.2) is 0 Å². The summed E-state index contributed by atoms with van der Waals surface area (Å²) in [5.74, 6) is 0. The van der Waals surface area contributed by atoms with Gasteiger partial charge < -0.3 is 0 Å². The maximum absolute atomic E-state index is 12.9. The molecule has 0 fully saturated rings. The van der Waals surface area contributed by atoms with E-state index in [0.717, 1.165) is 8.35 Å². The van der Waals surface area contributed by atoms with E-state index in [9.17, 15) is 9.59 Å². The number of hydrogen-bond donors (Lipinski definition) is 0. The number of halogens is 2. The van der Waals surface area contributed by atoms with Gasteiger partial charge in [-0.1, -0.05) is 11.6 Å². The Labute approximate surface area is 153 Å². The molecule has 0 N–H and O–H groups in total. The van der Waals surface area contributed by atoms with E-state index in [4.69, 9.17) is 16.9 Å². The highest BCUT2D eigenvalue weighted by Crippen LogP contribution is 2.27. The Morgan fingerprint density at radius 2 is 2.17 bits per heavy atom. The summed E-state index contributed by atoms with van der Waals surface area (Å²) in [7, 11) is 0. The van der Waals surface area contributed by atoms with E-state index < -0.39 is 11.2 Å². The van der Waals surface area contributed by atoms with Crippen molar-refractivity contribution in [3.05, 3.63) is 53.7 Å². The van der Waals surface area contributed by atoms with Crippen LogP contribution in [0.15, 0.2) is 31.8 Å². The second-order valence-corrected chi connectivity index (χ2v) is 7.85. The summed E-state index contributed by atoms with van der Waals surface area (Å²) in [4.78, 5) is 29.8. The van der Waals surface area contributed by atoms with Crippen LogP contribution in [0.25, 0.3) is 15.9 Å². The third kappa shape index (κ3) is 2.69. The van der Waals surface area contributed by atoms with E-state index in [0.29, 0.717) is 26.5 Å². The first-order valence-electron chi connectivity index (χ1n) is 6.88. The number of pyridine rings is 1. The average Bonchev–Trinajstić information content (AvgIpc) is 2.93. The number of rotatable bonds is 3. The number of hydrogen-bond acceptors (Lipinski definition) is 5. The van der Waals surface area contributed by atoms with Crippen molar-refractivity contribution in [1.82, 2.24) is 14.1 Å². The quantitative estimate of drug-likeness (QED) is 0.645. The van der Waals surface area contributed by atoms with E-state index in [1.54, 1.807) is 13.0 Å². The Bertz CT molecular complexity index is 1110. The number of fused-ring (bicyclic) bond motifs is 1. The van der Waals surface area contributed by atoms with Crippen molar-refractivity contribution in [3.63, 3.8) is 0 Å². The lowest BCUT2D eigenvalue weighted by molar-refractivity contribution is 0.661. The van der Waals surface area contributed by atoms with Crippen LogP contribution < -0.4 is 11.2 Å². The summed E-state index contributed by atoms with van der Waals surface area (Å²) in [6.45, 7) is 1.92. The van der Waals surface area contributed by atoms with Gasteiger partial charge in [0.25, 0.3) is 5.56 Å². The number of aryl methyl sites for hydroxylation is 1. The first-order valence-corrected chi connectivity index (χ1v) is 8.86. The molecule has 6 nitrogen and oxygen atoms in total. The molecule has 0 spiro atoms. The lowest BCUT2D eigenvalue weighted by Crippen LogP contribution is -2.39. The van der Waals surface area contributed by atoms with Gasteiger partial charge >= 0.3 is 5.69 Å². The molecule has 3 rings (SSSR count). The molecule has 0 radical (unpaired) electrons. The van der Waals surface area contributed by atoms with Crippen molar-refractivity contribution < 1.29 is 0 Å².